The average molecular weight is 276 g/mol. The van der Waals surface area contributed by atoms with E-state index in [1.807, 2.05) is 0 Å². The zero-order valence-electron chi connectivity index (χ0n) is 13.1. The van der Waals surface area contributed by atoms with E-state index in [-0.39, 0.29) is 0 Å². The Balaban J connectivity index is 1.67. The van der Waals surface area contributed by atoms with Gasteiger partial charge in [-0.2, -0.15) is 0 Å². The maximum Gasteiger partial charge on any atom is 0.119 e. The normalized spacial score (nSPS) is 20.1. The van der Waals surface area contributed by atoms with E-state index in [1.54, 1.807) is 0 Å². The van der Waals surface area contributed by atoms with Crippen molar-refractivity contribution in [3.8, 4) is 5.75 Å². The number of nitrogens with zero attached hydrogens (tertiary/aromatic N) is 1. The molecule has 0 aromatic heterocycles. The molecule has 1 N–H and O–H groups in total. The van der Waals surface area contributed by atoms with Crippen molar-refractivity contribution in [3.05, 3.63) is 29.3 Å². The van der Waals surface area contributed by atoms with Gasteiger partial charge in [0.2, 0.25) is 0 Å². The van der Waals surface area contributed by atoms with Gasteiger partial charge in [-0.15, -0.1) is 0 Å². The average Bonchev–Trinajstić information content (AvgIpc) is 2.47. The molecule has 2 rings (SSSR count). The van der Waals surface area contributed by atoms with Gasteiger partial charge < -0.3 is 15.0 Å². The Labute approximate surface area is 123 Å². The zero-order valence-corrected chi connectivity index (χ0v) is 13.1. The van der Waals surface area contributed by atoms with E-state index < -0.39 is 0 Å². The van der Waals surface area contributed by atoms with Crippen molar-refractivity contribution in [2.24, 2.45) is 0 Å². The van der Waals surface area contributed by atoms with E-state index in [2.05, 4.69) is 49.3 Å². The highest BCUT2D eigenvalue weighted by molar-refractivity contribution is 5.33. The predicted octanol–water partition coefficient (Wildman–Crippen LogP) is 2.76. The molecule has 1 fully saturated rings. The summed E-state index contributed by atoms with van der Waals surface area (Å²) in [6.07, 6.45) is 3.72. The van der Waals surface area contributed by atoms with Crippen molar-refractivity contribution in [2.75, 3.05) is 33.3 Å². The lowest BCUT2D eigenvalue weighted by Crippen LogP contribution is -2.44. The highest BCUT2D eigenvalue weighted by Crippen LogP contribution is 2.16. The van der Waals surface area contributed by atoms with Crippen LogP contribution in [0.3, 0.4) is 0 Å². The van der Waals surface area contributed by atoms with Crippen molar-refractivity contribution in [1.82, 2.24) is 10.2 Å². The highest BCUT2D eigenvalue weighted by atomic mass is 16.5. The molecule has 0 saturated carbocycles. The largest absolute Gasteiger partial charge is 0.494 e. The Morgan fingerprint density at radius 3 is 2.90 bits per heavy atom. The molecule has 0 bridgehead atoms. The minimum absolute atomic E-state index is 0.671. The second-order valence-electron chi connectivity index (χ2n) is 5.88. The molecule has 112 valence electrons. The van der Waals surface area contributed by atoms with E-state index in [4.69, 9.17) is 4.74 Å². The van der Waals surface area contributed by atoms with Gasteiger partial charge in [0.25, 0.3) is 0 Å². The minimum atomic E-state index is 0.671. The third kappa shape index (κ3) is 4.50. The Morgan fingerprint density at radius 1 is 1.30 bits per heavy atom. The quantitative estimate of drug-likeness (QED) is 0.809. The summed E-state index contributed by atoms with van der Waals surface area (Å²) in [5, 5.41) is 3.39. The predicted molar refractivity (Wildman–Crippen MR) is 84.5 cm³/mol. The molecule has 1 heterocycles. The number of piperidine rings is 1. The molecule has 1 aliphatic heterocycles. The van der Waals surface area contributed by atoms with Crippen molar-refractivity contribution in [1.29, 1.82) is 0 Å². The molecule has 1 aromatic rings. The molecule has 20 heavy (non-hydrogen) atoms. The van der Waals surface area contributed by atoms with Crippen LogP contribution in [0.2, 0.25) is 0 Å². The third-order valence-corrected chi connectivity index (χ3v) is 4.28. The molecule has 3 heteroatoms. The minimum Gasteiger partial charge on any atom is -0.494 e. The molecule has 0 amide bonds. The number of likely N-dealkylation sites (N-methyl/N-ethyl adjacent to an activating group) is 1. The van der Waals surface area contributed by atoms with Crippen molar-refractivity contribution in [2.45, 2.75) is 39.2 Å². The number of nitrogens with one attached hydrogen (secondary N) is 1. The summed E-state index contributed by atoms with van der Waals surface area (Å²) in [7, 11) is 2.07. The lowest BCUT2D eigenvalue weighted by Gasteiger charge is -2.32. The maximum absolute atomic E-state index is 5.84. The van der Waals surface area contributed by atoms with Gasteiger partial charge in [0.05, 0.1) is 6.61 Å². The Kier molecular flexibility index (Phi) is 5.86. The molecular weight excluding hydrogens is 248 g/mol. The second-order valence-corrected chi connectivity index (χ2v) is 5.88. The van der Waals surface area contributed by atoms with Gasteiger partial charge >= 0.3 is 0 Å². The van der Waals surface area contributed by atoms with E-state index in [0.717, 1.165) is 25.3 Å². The SMILES string of the molecule is CNC1CCCN(CCCOc2ccc(C)c(C)c2)C1. The fourth-order valence-electron chi connectivity index (χ4n) is 2.78. The zero-order chi connectivity index (χ0) is 14.4. The summed E-state index contributed by atoms with van der Waals surface area (Å²) in [5.74, 6) is 1.000. The summed E-state index contributed by atoms with van der Waals surface area (Å²) in [6.45, 7) is 8.63. The molecule has 0 spiro atoms. The number of hydrogen-bond acceptors (Lipinski definition) is 3. The molecule has 1 unspecified atom stereocenters. The molecule has 1 aliphatic rings. The van der Waals surface area contributed by atoms with Crippen LogP contribution in [0.15, 0.2) is 18.2 Å². The molecule has 1 saturated heterocycles. The molecule has 1 atom stereocenters. The van der Waals surface area contributed by atoms with Crippen LogP contribution in [0.4, 0.5) is 0 Å². The van der Waals surface area contributed by atoms with E-state index in [1.165, 1.54) is 37.1 Å². The summed E-state index contributed by atoms with van der Waals surface area (Å²) in [5.41, 5.74) is 2.62. The number of ether oxygens (including phenoxy) is 1. The van der Waals surface area contributed by atoms with Crippen molar-refractivity contribution in [3.63, 3.8) is 0 Å². The van der Waals surface area contributed by atoms with Crippen LogP contribution >= 0.6 is 0 Å². The van der Waals surface area contributed by atoms with Crippen LogP contribution in [-0.4, -0.2) is 44.2 Å². The Bertz CT molecular complexity index is 419. The van der Waals surface area contributed by atoms with Gasteiger partial charge in [0, 0.05) is 19.1 Å². The summed E-state index contributed by atoms with van der Waals surface area (Å²) in [6, 6.07) is 7.00. The fourth-order valence-corrected chi connectivity index (χ4v) is 2.78. The molecule has 3 nitrogen and oxygen atoms in total. The molecule has 1 aromatic carbocycles. The van der Waals surface area contributed by atoms with E-state index >= 15 is 0 Å². The molecule has 0 radical (unpaired) electrons. The third-order valence-electron chi connectivity index (χ3n) is 4.28. The topological polar surface area (TPSA) is 24.5 Å². The lowest BCUT2D eigenvalue weighted by molar-refractivity contribution is 0.179. The molecule has 0 aliphatic carbocycles. The maximum atomic E-state index is 5.84. The molecular formula is C17H28N2O. The number of benzene rings is 1. The van der Waals surface area contributed by atoms with Gasteiger partial charge in [-0.05, 0) is 70.0 Å². The lowest BCUT2D eigenvalue weighted by atomic mass is 10.1. The first-order valence-corrected chi connectivity index (χ1v) is 7.78. The standard InChI is InChI=1S/C17H28N2O/c1-14-7-8-17(12-15(14)2)20-11-5-10-19-9-4-6-16(13-19)18-3/h7-8,12,16,18H,4-6,9-11,13H2,1-3H3. The van der Waals surface area contributed by atoms with Crippen LogP contribution in [-0.2, 0) is 0 Å². The van der Waals surface area contributed by atoms with Gasteiger partial charge in [-0.3, -0.25) is 0 Å². The number of rotatable bonds is 6. The number of aryl methyl sites for hydroxylation is 2. The van der Waals surface area contributed by atoms with Crippen molar-refractivity contribution >= 4 is 0 Å². The van der Waals surface area contributed by atoms with Crippen LogP contribution in [0, 0.1) is 13.8 Å². The first-order chi connectivity index (χ1) is 9.69. The second kappa shape index (κ2) is 7.65. The summed E-state index contributed by atoms with van der Waals surface area (Å²) >= 11 is 0. The number of hydrogen-bond donors (Lipinski definition) is 1. The van der Waals surface area contributed by atoms with Gasteiger partial charge in [-0.25, -0.2) is 0 Å². The van der Waals surface area contributed by atoms with Crippen LogP contribution in [0.25, 0.3) is 0 Å². The van der Waals surface area contributed by atoms with E-state index in [9.17, 15) is 0 Å². The summed E-state index contributed by atoms with van der Waals surface area (Å²) in [4.78, 5) is 2.55. The van der Waals surface area contributed by atoms with E-state index in [0.29, 0.717) is 6.04 Å². The first-order valence-electron chi connectivity index (χ1n) is 7.78. The highest BCUT2D eigenvalue weighted by Gasteiger charge is 2.17. The van der Waals surface area contributed by atoms with Crippen LogP contribution in [0.5, 0.6) is 5.75 Å². The van der Waals surface area contributed by atoms with Crippen molar-refractivity contribution < 1.29 is 4.74 Å². The van der Waals surface area contributed by atoms with Gasteiger partial charge in [0.1, 0.15) is 5.75 Å². The summed E-state index contributed by atoms with van der Waals surface area (Å²) < 4.78 is 5.84. The monoisotopic (exact) mass is 276 g/mol. The number of likely N-dealkylation sites (tertiary alicyclic amines) is 1. The van der Waals surface area contributed by atoms with Crippen LogP contribution in [0.1, 0.15) is 30.4 Å². The smallest absolute Gasteiger partial charge is 0.119 e. The Morgan fingerprint density at radius 2 is 2.15 bits per heavy atom. The van der Waals surface area contributed by atoms with Gasteiger partial charge in [0.15, 0.2) is 0 Å². The first kappa shape index (κ1) is 15.3. The fraction of sp³-hybridized carbons (Fsp3) is 0.647. The Hall–Kier alpha value is -1.06. The van der Waals surface area contributed by atoms with Gasteiger partial charge in [-0.1, -0.05) is 6.07 Å². The van der Waals surface area contributed by atoms with Crippen LogP contribution < -0.4 is 10.1 Å².